The summed E-state index contributed by atoms with van der Waals surface area (Å²) in [5, 5.41) is 4.38. The minimum absolute atomic E-state index is 0.999. The van der Waals surface area contributed by atoms with Crippen LogP contribution in [0.15, 0.2) is 6.20 Å². The molecule has 0 aliphatic rings. The summed E-state index contributed by atoms with van der Waals surface area (Å²) < 4.78 is 0. The van der Waals surface area contributed by atoms with E-state index < -0.39 is 0 Å². The highest BCUT2D eigenvalue weighted by Gasteiger charge is 2.05. The largest absolute Gasteiger partial charge is 0.362 e. The molecule has 0 saturated carbocycles. The summed E-state index contributed by atoms with van der Waals surface area (Å²) in [5.74, 6) is 0. The Kier molecular flexibility index (Phi) is 7.23. The molecule has 0 aliphatic heterocycles. The molecule has 1 rings (SSSR count). The average Bonchev–Trinajstić information content (AvgIpc) is 2.73. The minimum atomic E-state index is 0.999. The quantitative estimate of drug-likeness (QED) is 0.746. The third-order valence-electron chi connectivity index (χ3n) is 2.65. The van der Waals surface area contributed by atoms with E-state index in [1.807, 2.05) is 6.20 Å². The number of aromatic nitrogens is 1. The molecule has 4 nitrogen and oxygen atoms in total. The Hall–Kier alpha value is -0.650. The van der Waals surface area contributed by atoms with E-state index in [1.54, 1.807) is 11.3 Å². The van der Waals surface area contributed by atoms with Gasteiger partial charge in [0.25, 0.3) is 0 Å². The molecule has 1 heterocycles. The summed E-state index contributed by atoms with van der Waals surface area (Å²) in [7, 11) is 6.41. The second-order valence-electron chi connectivity index (χ2n) is 4.95. The smallest absolute Gasteiger partial charge is 0.182 e. The topological polar surface area (TPSA) is 31.4 Å². The standard InChI is InChI=1S/C13H26N4S/c1-5-7-14-13-15-10-12(18-13)11-17(4)9-6-8-16(2)3/h10H,5-9,11H2,1-4H3,(H,14,15). The van der Waals surface area contributed by atoms with Crippen molar-refractivity contribution in [3.8, 4) is 0 Å². The summed E-state index contributed by atoms with van der Waals surface area (Å²) in [4.78, 5) is 10.3. The van der Waals surface area contributed by atoms with Crippen molar-refractivity contribution >= 4 is 16.5 Å². The molecule has 1 aromatic rings. The number of thiazole rings is 1. The van der Waals surface area contributed by atoms with Gasteiger partial charge in [-0.15, -0.1) is 11.3 Å². The minimum Gasteiger partial charge on any atom is -0.362 e. The van der Waals surface area contributed by atoms with Crippen molar-refractivity contribution in [2.45, 2.75) is 26.3 Å². The molecular weight excluding hydrogens is 244 g/mol. The normalized spacial score (nSPS) is 11.4. The van der Waals surface area contributed by atoms with Crippen molar-refractivity contribution in [3.63, 3.8) is 0 Å². The Bertz CT molecular complexity index is 325. The first kappa shape index (κ1) is 15.4. The van der Waals surface area contributed by atoms with E-state index in [2.05, 4.69) is 48.2 Å². The van der Waals surface area contributed by atoms with E-state index >= 15 is 0 Å². The fourth-order valence-corrected chi connectivity index (χ4v) is 2.61. The van der Waals surface area contributed by atoms with E-state index in [1.165, 1.54) is 11.3 Å². The van der Waals surface area contributed by atoms with Crippen molar-refractivity contribution < 1.29 is 0 Å². The molecule has 104 valence electrons. The molecule has 0 amide bonds. The zero-order valence-corrected chi connectivity index (χ0v) is 12.9. The number of rotatable bonds is 9. The van der Waals surface area contributed by atoms with Crippen molar-refractivity contribution in [2.75, 3.05) is 46.1 Å². The monoisotopic (exact) mass is 270 g/mol. The van der Waals surface area contributed by atoms with Crippen LogP contribution in [0.3, 0.4) is 0 Å². The lowest BCUT2D eigenvalue weighted by Gasteiger charge is -2.16. The van der Waals surface area contributed by atoms with Crippen LogP contribution in [0.5, 0.6) is 0 Å². The summed E-state index contributed by atoms with van der Waals surface area (Å²) in [5.41, 5.74) is 0. The van der Waals surface area contributed by atoms with Gasteiger partial charge >= 0.3 is 0 Å². The number of hydrogen-bond donors (Lipinski definition) is 1. The van der Waals surface area contributed by atoms with Gasteiger partial charge in [0.15, 0.2) is 5.13 Å². The first-order valence-electron chi connectivity index (χ1n) is 6.63. The molecule has 0 spiro atoms. The Morgan fingerprint density at radius 3 is 2.72 bits per heavy atom. The Balaban J connectivity index is 2.26. The second kappa shape index (κ2) is 8.45. The lowest BCUT2D eigenvalue weighted by Crippen LogP contribution is -2.23. The number of nitrogens with one attached hydrogen (secondary N) is 1. The van der Waals surface area contributed by atoms with Crippen LogP contribution in [0.25, 0.3) is 0 Å². The third kappa shape index (κ3) is 6.33. The molecule has 0 unspecified atom stereocenters. The molecule has 0 aliphatic carbocycles. The van der Waals surface area contributed by atoms with E-state index in [4.69, 9.17) is 0 Å². The van der Waals surface area contributed by atoms with Gasteiger partial charge in [-0.3, -0.25) is 0 Å². The van der Waals surface area contributed by atoms with Gasteiger partial charge in [0.05, 0.1) is 0 Å². The highest BCUT2D eigenvalue weighted by Crippen LogP contribution is 2.19. The second-order valence-corrected chi connectivity index (χ2v) is 6.07. The van der Waals surface area contributed by atoms with Crippen molar-refractivity contribution in [1.29, 1.82) is 0 Å². The molecule has 0 bridgehead atoms. The summed E-state index contributed by atoms with van der Waals surface area (Å²) in [6.45, 7) is 6.45. The van der Waals surface area contributed by atoms with Gasteiger partial charge < -0.3 is 15.1 Å². The van der Waals surface area contributed by atoms with Crippen LogP contribution in [0, 0.1) is 0 Å². The third-order valence-corrected chi connectivity index (χ3v) is 3.59. The van der Waals surface area contributed by atoms with Crippen molar-refractivity contribution in [3.05, 3.63) is 11.1 Å². The molecule has 0 aromatic carbocycles. The van der Waals surface area contributed by atoms with Gasteiger partial charge in [-0.1, -0.05) is 6.92 Å². The molecule has 0 fully saturated rings. The van der Waals surface area contributed by atoms with Crippen LogP contribution in [-0.2, 0) is 6.54 Å². The van der Waals surface area contributed by atoms with E-state index in [9.17, 15) is 0 Å². The summed E-state index contributed by atoms with van der Waals surface area (Å²) >= 11 is 1.77. The molecule has 0 radical (unpaired) electrons. The Morgan fingerprint density at radius 1 is 1.28 bits per heavy atom. The van der Waals surface area contributed by atoms with Crippen LogP contribution < -0.4 is 5.32 Å². The summed E-state index contributed by atoms with van der Waals surface area (Å²) in [6.07, 6.45) is 4.34. The van der Waals surface area contributed by atoms with Crippen LogP contribution in [0.2, 0.25) is 0 Å². The Morgan fingerprint density at radius 2 is 2.06 bits per heavy atom. The molecule has 0 atom stereocenters. The van der Waals surface area contributed by atoms with Gasteiger partial charge in [0, 0.05) is 24.2 Å². The van der Waals surface area contributed by atoms with E-state index in [-0.39, 0.29) is 0 Å². The SMILES string of the molecule is CCCNc1ncc(CN(C)CCCN(C)C)s1. The van der Waals surface area contributed by atoms with Gasteiger partial charge in [-0.05, 0) is 47.1 Å². The fourth-order valence-electron chi connectivity index (χ4n) is 1.70. The van der Waals surface area contributed by atoms with Crippen molar-refractivity contribution in [2.24, 2.45) is 0 Å². The summed E-state index contributed by atoms with van der Waals surface area (Å²) in [6, 6.07) is 0. The Labute approximate surface area is 115 Å². The zero-order valence-electron chi connectivity index (χ0n) is 12.1. The van der Waals surface area contributed by atoms with Crippen LogP contribution in [-0.4, -0.2) is 55.6 Å². The molecule has 1 N–H and O–H groups in total. The lowest BCUT2D eigenvalue weighted by atomic mass is 10.3. The fraction of sp³-hybridized carbons (Fsp3) is 0.769. The van der Waals surface area contributed by atoms with Gasteiger partial charge in [-0.2, -0.15) is 0 Å². The highest BCUT2D eigenvalue weighted by molar-refractivity contribution is 7.15. The maximum atomic E-state index is 4.39. The van der Waals surface area contributed by atoms with E-state index in [0.717, 1.165) is 37.7 Å². The molecule has 18 heavy (non-hydrogen) atoms. The van der Waals surface area contributed by atoms with Crippen LogP contribution >= 0.6 is 11.3 Å². The first-order chi connectivity index (χ1) is 8.61. The molecule has 0 saturated heterocycles. The number of nitrogens with zero attached hydrogens (tertiary/aromatic N) is 3. The van der Waals surface area contributed by atoms with Crippen LogP contribution in [0.1, 0.15) is 24.6 Å². The molecular formula is C13H26N4S. The average molecular weight is 270 g/mol. The number of hydrogen-bond acceptors (Lipinski definition) is 5. The first-order valence-corrected chi connectivity index (χ1v) is 7.45. The van der Waals surface area contributed by atoms with Crippen LogP contribution in [0.4, 0.5) is 5.13 Å². The predicted molar refractivity (Wildman–Crippen MR) is 80.4 cm³/mol. The zero-order chi connectivity index (χ0) is 13.4. The highest BCUT2D eigenvalue weighted by atomic mass is 32.1. The van der Waals surface area contributed by atoms with Gasteiger partial charge in [-0.25, -0.2) is 4.98 Å². The van der Waals surface area contributed by atoms with Crippen molar-refractivity contribution in [1.82, 2.24) is 14.8 Å². The van der Waals surface area contributed by atoms with Gasteiger partial charge in [0.2, 0.25) is 0 Å². The van der Waals surface area contributed by atoms with E-state index in [0.29, 0.717) is 0 Å². The maximum Gasteiger partial charge on any atom is 0.182 e. The number of anilines is 1. The molecule has 5 heteroatoms. The maximum absolute atomic E-state index is 4.39. The predicted octanol–water partition coefficient (Wildman–Crippen LogP) is 2.35. The van der Waals surface area contributed by atoms with Gasteiger partial charge in [0.1, 0.15) is 0 Å². The lowest BCUT2D eigenvalue weighted by molar-refractivity contribution is 0.296. The molecule has 1 aromatic heterocycles.